The third kappa shape index (κ3) is 3.19. The molecular weight excluding hydrogens is 248 g/mol. The van der Waals surface area contributed by atoms with Crippen molar-refractivity contribution in [2.45, 2.75) is 6.61 Å². The third-order valence-corrected chi connectivity index (χ3v) is 2.44. The van der Waals surface area contributed by atoms with Crippen molar-refractivity contribution in [3.05, 3.63) is 52.1 Å². The molecule has 0 aromatic carbocycles. The van der Waals surface area contributed by atoms with E-state index in [1.165, 1.54) is 31.6 Å². The molecule has 2 aromatic rings. The number of aldehydes is 1. The number of carbonyl (C=O) groups is 1. The Balaban J connectivity index is 2.15. The van der Waals surface area contributed by atoms with Gasteiger partial charge in [-0.15, -0.1) is 0 Å². The highest BCUT2D eigenvalue weighted by atomic mass is 16.5. The third-order valence-electron chi connectivity index (χ3n) is 2.44. The van der Waals surface area contributed by atoms with Crippen molar-refractivity contribution in [3.8, 4) is 11.6 Å². The van der Waals surface area contributed by atoms with Gasteiger partial charge in [-0.05, 0) is 11.6 Å². The molecule has 0 atom stereocenters. The fourth-order valence-electron chi connectivity index (χ4n) is 1.50. The van der Waals surface area contributed by atoms with Gasteiger partial charge in [0.05, 0.1) is 18.9 Å². The summed E-state index contributed by atoms with van der Waals surface area (Å²) in [6, 6.07) is 4.64. The van der Waals surface area contributed by atoms with Gasteiger partial charge in [0.15, 0.2) is 6.29 Å². The van der Waals surface area contributed by atoms with Gasteiger partial charge in [-0.3, -0.25) is 9.59 Å². The fraction of sp³-hybridized carbons (Fsp3) is 0.154. The van der Waals surface area contributed by atoms with Crippen LogP contribution < -0.4 is 15.0 Å². The van der Waals surface area contributed by atoms with Crippen molar-refractivity contribution >= 4 is 6.29 Å². The quantitative estimate of drug-likeness (QED) is 0.816. The number of H-pyrrole nitrogens is 1. The summed E-state index contributed by atoms with van der Waals surface area (Å²) in [5.74, 6) is 0.682. The summed E-state index contributed by atoms with van der Waals surface area (Å²) < 4.78 is 10.4. The molecule has 0 fully saturated rings. The zero-order valence-corrected chi connectivity index (χ0v) is 10.3. The Morgan fingerprint density at radius 2 is 2.26 bits per heavy atom. The minimum Gasteiger partial charge on any atom is -0.487 e. The van der Waals surface area contributed by atoms with Gasteiger partial charge >= 0.3 is 0 Å². The molecular formula is C13H12N2O4. The lowest BCUT2D eigenvalue weighted by Gasteiger charge is -2.08. The minimum atomic E-state index is -0.204. The average Bonchev–Trinajstić information content (AvgIpc) is 2.45. The molecule has 6 nitrogen and oxygen atoms in total. The number of carbonyl (C=O) groups excluding carboxylic acids is 1. The summed E-state index contributed by atoms with van der Waals surface area (Å²) in [5.41, 5.74) is 0.845. The molecule has 2 rings (SSSR count). The Bertz CT molecular complexity index is 637. The molecule has 0 aliphatic rings. The van der Waals surface area contributed by atoms with E-state index in [1.807, 2.05) is 0 Å². The van der Waals surface area contributed by atoms with E-state index in [0.29, 0.717) is 29.0 Å². The van der Waals surface area contributed by atoms with Crippen LogP contribution in [0.5, 0.6) is 11.6 Å². The standard InChI is InChI=1S/C13H12N2O4/c1-18-13-5-10(7-16)11(6-15-13)19-8-9-2-3-14-12(17)4-9/h2-7H,8H2,1H3,(H,14,17). The van der Waals surface area contributed by atoms with Crippen LogP contribution in [0.2, 0.25) is 0 Å². The van der Waals surface area contributed by atoms with Gasteiger partial charge < -0.3 is 14.5 Å². The lowest BCUT2D eigenvalue weighted by atomic mass is 10.2. The van der Waals surface area contributed by atoms with E-state index in [9.17, 15) is 9.59 Å². The highest BCUT2D eigenvalue weighted by Gasteiger charge is 2.06. The summed E-state index contributed by atoms with van der Waals surface area (Å²) in [6.07, 6.45) is 3.61. The molecule has 19 heavy (non-hydrogen) atoms. The van der Waals surface area contributed by atoms with Crippen LogP contribution in [0.15, 0.2) is 35.4 Å². The van der Waals surface area contributed by atoms with Crippen molar-refractivity contribution in [3.63, 3.8) is 0 Å². The monoisotopic (exact) mass is 260 g/mol. The lowest BCUT2D eigenvalue weighted by Crippen LogP contribution is -2.06. The molecule has 0 saturated heterocycles. The zero-order chi connectivity index (χ0) is 13.7. The van der Waals surface area contributed by atoms with Gasteiger partial charge in [0.25, 0.3) is 0 Å². The first-order chi connectivity index (χ1) is 9.22. The van der Waals surface area contributed by atoms with Crippen LogP contribution in [0, 0.1) is 0 Å². The summed E-state index contributed by atoms with van der Waals surface area (Å²) in [4.78, 5) is 28.5. The molecule has 2 heterocycles. The highest BCUT2D eigenvalue weighted by Crippen LogP contribution is 2.20. The first kappa shape index (κ1) is 12.8. The van der Waals surface area contributed by atoms with E-state index >= 15 is 0 Å². The van der Waals surface area contributed by atoms with Crippen LogP contribution in [0.4, 0.5) is 0 Å². The van der Waals surface area contributed by atoms with Crippen LogP contribution in [0.3, 0.4) is 0 Å². The Labute approximate surface area is 109 Å². The van der Waals surface area contributed by atoms with E-state index in [2.05, 4.69) is 9.97 Å². The maximum Gasteiger partial charge on any atom is 0.248 e. The van der Waals surface area contributed by atoms with Crippen LogP contribution in [-0.2, 0) is 6.61 Å². The molecule has 0 spiro atoms. The van der Waals surface area contributed by atoms with E-state index in [-0.39, 0.29) is 12.2 Å². The van der Waals surface area contributed by atoms with Crippen LogP contribution in [0.25, 0.3) is 0 Å². The Hall–Kier alpha value is -2.63. The Morgan fingerprint density at radius 1 is 1.42 bits per heavy atom. The lowest BCUT2D eigenvalue weighted by molar-refractivity contribution is 0.111. The van der Waals surface area contributed by atoms with Gasteiger partial charge in [-0.1, -0.05) is 0 Å². The summed E-state index contributed by atoms with van der Waals surface area (Å²) in [6.45, 7) is 0.179. The number of aromatic nitrogens is 2. The van der Waals surface area contributed by atoms with E-state index in [0.717, 1.165) is 0 Å². The second-order valence-corrected chi connectivity index (χ2v) is 3.73. The molecule has 98 valence electrons. The average molecular weight is 260 g/mol. The van der Waals surface area contributed by atoms with Crippen molar-refractivity contribution in [2.75, 3.05) is 7.11 Å². The van der Waals surface area contributed by atoms with E-state index in [4.69, 9.17) is 9.47 Å². The van der Waals surface area contributed by atoms with Crippen LogP contribution in [-0.4, -0.2) is 23.4 Å². The molecule has 0 radical (unpaired) electrons. The zero-order valence-electron chi connectivity index (χ0n) is 10.3. The number of nitrogens with one attached hydrogen (secondary N) is 1. The van der Waals surface area contributed by atoms with Crippen molar-refractivity contribution < 1.29 is 14.3 Å². The summed E-state index contributed by atoms with van der Waals surface area (Å²) >= 11 is 0. The molecule has 0 bridgehead atoms. The Morgan fingerprint density at radius 3 is 2.95 bits per heavy atom. The van der Waals surface area contributed by atoms with E-state index < -0.39 is 0 Å². The number of pyridine rings is 2. The maximum absolute atomic E-state index is 11.1. The smallest absolute Gasteiger partial charge is 0.248 e. The number of rotatable bonds is 5. The fourth-order valence-corrected chi connectivity index (χ4v) is 1.50. The van der Waals surface area contributed by atoms with Gasteiger partial charge in [0, 0.05) is 18.3 Å². The van der Waals surface area contributed by atoms with Crippen molar-refractivity contribution in [2.24, 2.45) is 0 Å². The van der Waals surface area contributed by atoms with Crippen molar-refractivity contribution in [1.82, 2.24) is 9.97 Å². The number of aromatic amines is 1. The molecule has 0 aliphatic carbocycles. The predicted octanol–water partition coefficient (Wildman–Crippen LogP) is 1.17. The number of hydrogen-bond donors (Lipinski definition) is 1. The number of ether oxygens (including phenoxy) is 2. The first-order valence-corrected chi connectivity index (χ1v) is 5.52. The van der Waals surface area contributed by atoms with Crippen molar-refractivity contribution in [1.29, 1.82) is 0 Å². The second-order valence-electron chi connectivity index (χ2n) is 3.73. The van der Waals surface area contributed by atoms with Gasteiger partial charge in [0.1, 0.15) is 12.4 Å². The van der Waals surface area contributed by atoms with Gasteiger partial charge in [-0.25, -0.2) is 4.98 Å². The molecule has 6 heteroatoms. The van der Waals surface area contributed by atoms with E-state index in [1.54, 1.807) is 6.07 Å². The molecule has 0 aliphatic heterocycles. The Kier molecular flexibility index (Phi) is 3.92. The van der Waals surface area contributed by atoms with Crippen LogP contribution >= 0.6 is 0 Å². The highest BCUT2D eigenvalue weighted by molar-refractivity contribution is 5.79. The van der Waals surface area contributed by atoms with Crippen LogP contribution in [0.1, 0.15) is 15.9 Å². The molecule has 0 amide bonds. The minimum absolute atomic E-state index is 0.179. The van der Waals surface area contributed by atoms with Gasteiger partial charge in [0.2, 0.25) is 11.4 Å². The van der Waals surface area contributed by atoms with Gasteiger partial charge in [-0.2, -0.15) is 0 Å². The molecule has 0 unspecified atom stereocenters. The first-order valence-electron chi connectivity index (χ1n) is 5.52. The SMILES string of the molecule is COc1cc(C=O)c(OCc2cc[nH]c(=O)c2)cn1. The molecule has 0 saturated carbocycles. The maximum atomic E-state index is 11.1. The second kappa shape index (κ2) is 5.81. The molecule has 2 aromatic heterocycles. The molecule has 1 N–H and O–H groups in total. The topological polar surface area (TPSA) is 81.3 Å². The predicted molar refractivity (Wildman–Crippen MR) is 67.6 cm³/mol. The number of methoxy groups -OCH3 is 1. The normalized spacial score (nSPS) is 9.95. The summed E-state index contributed by atoms with van der Waals surface area (Å²) in [7, 11) is 1.47. The number of hydrogen-bond acceptors (Lipinski definition) is 5. The summed E-state index contributed by atoms with van der Waals surface area (Å²) in [5, 5.41) is 0. The largest absolute Gasteiger partial charge is 0.487 e. The number of nitrogens with zero attached hydrogens (tertiary/aromatic N) is 1.